The van der Waals surface area contributed by atoms with Crippen LogP contribution in [0.25, 0.3) is 0 Å². The van der Waals surface area contributed by atoms with Crippen LogP contribution in [0.2, 0.25) is 0 Å². The number of carbonyl (C=O) groups excluding carboxylic acids is 1. The zero-order valence-corrected chi connectivity index (χ0v) is 9.47. The summed E-state index contributed by atoms with van der Waals surface area (Å²) >= 11 is 0. The summed E-state index contributed by atoms with van der Waals surface area (Å²) in [5.74, 6) is -0.0629. The zero-order valence-electron chi connectivity index (χ0n) is 9.47. The minimum atomic E-state index is -0.389. The van der Waals surface area contributed by atoms with E-state index in [1.165, 1.54) is 0 Å². The lowest BCUT2D eigenvalue weighted by atomic mass is 10.2. The summed E-state index contributed by atoms with van der Waals surface area (Å²) in [6.45, 7) is 4.61. The minimum Gasteiger partial charge on any atom is -0.391 e. The molecule has 0 bridgehead atoms. The van der Waals surface area contributed by atoms with E-state index >= 15 is 0 Å². The van der Waals surface area contributed by atoms with Crippen molar-refractivity contribution in [2.45, 2.75) is 26.4 Å². The molecule has 1 aromatic rings. The molecule has 0 saturated carbocycles. The Hall–Kier alpha value is -1.49. The van der Waals surface area contributed by atoms with Gasteiger partial charge in [-0.1, -0.05) is 0 Å². The van der Waals surface area contributed by atoms with Crippen molar-refractivity contribution in [3.63, 3.8) is 0 Å². The van der Waals surface area contributed by atoms with Crippen LogP contribution in [0.3, 0.4) is 0 Å². The highest BCUT2D eigenvalue weighted by atomic mass is 16.3. The van der Waals surface area contributed by atoms with Crippen LogP contribution in [-0.4, -0.2) is 45.3 Å². The molecule has 1 saturated heterocycles. The molecule has 1 aliphatic rings. The molecule has 0 aliphatic carbocycles. The zero-order chi connectivity index (χ0) is 11.7. The van der Waals surface area contributed by atoms with Gasteiger partial charge in [0.1, 0.15) is 0 Å². The molecule has 2 rings (SSSR count). The van der Waals surface area contributed by atoms with Crippen molar-refractivity contribution in [2.24, 2.45) is 0 Å². The molecule has 1 atom stereocenters. The SMILES string of the molecule is Cc1cc(C(=O)N2CC[C@@H](O)C2)c(C)nn1. The average Bonchev–Trinajstić information content (AvgIpc) is 2.67. The molecule has 0 aromatic carbocycles. The van der Waals surface area contributed by atoms with Gasteiger partial charge in [0.25, 0.3) is 5.91 Å². The van der Waals surface area contributed by atoms with Crippen LogP contribution in [0.15, 0.2) is 6.07 Å². The second-order valence-electron chi connectivity index (χ2n) is 4.18. The van der Waals surface area contributed by atoms with E-state index < -0.39 is 0 Å². The van der Waals surface area contributed by atoms with Crippen LogP contribution in [-0.2, 0) is 0 Å². The number of β-amino-alcohol motifs (C(OH)–C–C–N with tert-alkyl or cyclic N) is 1. The predicted molar refractivity (Wildman–Crippen MR) is 58.0 cm³/mol. The molecular formula is C11H15N3O2. The van der Waals surface area contributed by atoms with Gasteiger partial charge in [-0.3, -0.25) is 4.79 Å². The number of aryl methyl sites for hydroxylation is 2. The number of aliphatic hydroxyl groups excluding tert-OH is 1. The molecule has 86 valence electrons. The van der Waals surface area contributed by atoms with Gasteiger partial charge in [-0.2, -0.15) is 10.2 Å². The van der Waals surface area contributed by atoms with E-state index in [9.17, 15) is 9.90 Å². The highest BCUT2D eigenvalue weighted by Crippen LogP contribution is 2.15. The van der Waals surface area contributed by atoms with E-state index in [1.54, 1.807) is 17.9 Å². The maximum Gasteiger partial charge on any atom is 0.255 e. The summed E-state index contributed by atoms with van der Waals surface area (Å²) in [5.41, 5.74) is 1.95. The third-order valence-electron chi connectivity index (χ3n) is 2.78. The molecule has 1 N–H and O–H groups in total. The van der Waals surface area contributed by atoms with Crippen LogP contribution < -0.4 is 0 Å². The third kappa shape index (κ3) is 2.04. The lowest BCUT2D eigenvalue weighted by Gasteiger charge is -2.16. The van der Waals surface area contributed by atoms with E-state index in [0.717, 1.165) is 5.69 Å². The van der Waals surface area contributed by atoms with Gasteiger partial charge in [-0.05, 0) is 26.3 Å². The maximum absolute atomic E-state index is 12.1. The quantitative estimate of drug-likeness (QED) is 0.740. The fourth-order valence-corrected chi connectivity index (χ4v) is 1.86. The Balaban J connectivity index is 2.23. The fourth-order valence-electron chi connectivity index (χ4n) is 1.86. The number of hydrogen-bond donors (Lipinski definition) is 1. The number of aromatic nitrogens is 2. The van der Waals surface area contributed by atoms with Crippen molar-refractivity contribution < 1.29 is 9.90 Å². The van der Waals surface area contributed by atoms with Gasteiger partial charge in [-0.25, -0.2) is 0 Å². The third-order valence-corrected chi connectivity index (χ3v) is 2.78. The minimum absolute atomic E-state index is 0.0629. The standard InChI is InChI=1S/C11H15N3O2/c1-7-5-10(8(2)13-12-7)11(16)14-4-3-9(15)6-14/h5,9,15H,3-4,6H2,1-2H3/t9-/m1/s1. The number of hydrogen-bond acceptors (Lipinski definition) is 4. The van der Waals surface area contributed by atoms with E-state index in [4.69, 9.17) is 0 Å². The summed E-state index contributed by atoms with van der Waals surface area (Å²) in [5, 5.41) is 17.2. The lowest BCUT2D eigenvalue weighted by Crippen LogP contribution is -2.30. The molecule has 0 radical (unpaired) electrons. The second-order valence-corrected chi connectivity index (χ2v) is 4.18. The molecule has 16 heavy (non-hydrogen) atoms. The van der Waals surface area contributed by atoms with Gasteiger partial charge in [0.05, 0.1) is 23.1 Å². The van der Waals surface area contributed by atoms with Crippen molar-refractivity contribution in [1.82, 2.24) is 15.1 Å². The first kappa shape index (κ1) is 11.0. The largest absolute Gasteiger partial charge is 0.391 e. The summed E-state index contributed by atoms with van der Waals surface area (Å²) < 4.78 is 0. The summed E-state index contributed by atoms with van der Waals surface area (Å²) in [7, 11) is 0. The molecule has 1 aromatic heterocycles. The fraction of sp³-hybridized carbons (Fsp3) is 0.545. The van der Waals surface area contributed by atoms with E-state index in [1.807, 2.05) is 6.92 Å². The Morgan fingerprint density at radius 3 is 2.88 bits per heavy atom. The lowest BCUT2D eigenvalue weighted by molar-refractivity contribution is 0.0763. The Morgan fingerprint density at radius 2 is 2.25 bits per heavy atom. The van der Waals surface area contributed by atoms with Crippen LogP contribution in [0.5, 0.6) is 0 Å². The number of nitrogens with zero attached hydrogens (tertiary/aromatic N) is 3. The summed E-state index contributed by atoms with van der Waals surface area (Å²) in [6, 6.07) is 1.75. The normalized spacial score (nSPS) is 20.2. The number of carbonyl (C=O) groups is 1. The second kappa shape index (κ2) is 4.17. The summed E-state index contributed by atoms with van der Waals surface area (Å²) in [6.07, 6.45) is 0.266. The van der Waals surface area contributed by atoms with Crippen LogP contribution in [0, 0.1) is 13.8 Å². The van der Waals surface area contributed by atoms with Crippen molar-refractivity contribution in [3.05, 3.63) is 23.0 Å². The van der Waals surface area contributed by atoms with E-state index in [0.29, 0.717) is 30.8 Å². The maximum atomic E-state index is 12.1. The monoisotopic (exact) mass is 221 g/mol. The van der Waals surface area contributed by atoms with Crippen molar-refractivity contribution in [3.8, 4) is 0 Å². The first-order valence-electron chi connectivity index (χ1n) is 5.36. The van der Waals surface area contributed by atoms with Crippen LogP contribution >= 0.6 is 0 Å². The highest BCUT2D eigenvalue weighted by molar-refractivity contribution is 5.95. The van der Waals surface area contributed by atoms with E-state index in [-0.39, 0.29) is 12.0 Å². The number of amides is 1. The van der Waals surface area contributed by atoms with Crippen molar-refractivity contribution in [1.29, 1.82) is 0 Å². The Labute approximate surface area is 94.1 Å². The van der Waals surface area contributed by atoms with Crippen LogP contribution in [0.1, 0.15) is 28.2 Å². The predicted octanol–water partition coefficient (Wildman–Crippen LogP) is 0.300. The highest BCUT2D eigenvalue weighted by Gasteiger charge is 2.26. The Bertz CT molecular complexity index is 420. The Kier molecular flexibility index (Phi) is 2.87. The smallest absolute Gasteiger partial charge is 0.255 e. The molecule has 5 nitrogen and oxygen atoms in total. The molecule has 1 amide bonds. The van der Waals surface area contributed by atoms with Gasteiger partial charge in [-0.15, -0.1) is 0 Å². The van der Waals surface area contributed by atoms with Crippen LogP contribution in [0.4, 0.5) is 0 Å². The average molecular weight is 221 g/mol. The molecule has 2 heterocycles. The molecule has 0 spiro atoms. The number of rotatable bonds is 1. The number of aliphatic hydroxyl groups is 1. The first-order valence-corrected chi connectivity index (χ1v) is 5.36. The molecule has 1 aliphatic heterocycles. The summed E-state index contributed by atoms with van der Waals surface area (Å²) in [4.78, 5) is 13.8. The van der Waals surface area contributed by atoms with E-state index in [2.05, 4.69) is 10.2 Å². The van der Waals surface area contributed by atoms with Crippen molar-refractivity contribution in [2.75, 3.05) is 13.1 Å². The van der Waals surface area contributed by atoms with Gasteiger partial charge in [0.2, 0.25) is 0 Å². The van der Waals surface area contributed by atoms with Gasteiger partial charge >= 0.3 is 0 Å². The first-order chi connectivity index (χ1) is 7.58. The molecular weight excluding hydrogens is 206 g/mol. The van der Waals surface area contributed by atoms with Crippen molar-refractivity contribution >= 4 is 5.91 Å². The molecule has 0 unspecified atom stereocenters. The topological polar surface area (TPSA) is 66.3 Å². The van der Waals surface area contributed by atoms with Gasteiger partial charge in [0, 0.05) is 13.1 Å². The molecule has 1 fully saturated rings. The van der Waals surface area contributed by atoms with Gasteiger partial charge < -0.3 is 10.0 Å². The Morgan fingerprint density at radius 1 is 1.50 bits per heavy atom. The molecule has 5 heteroatoms. The van der Waals surface area contributed by atoms with Gasteiger partial charge in [0.15, 0.2) is 0 Å². The number of likely N-dealkylation sites (tertiary alicyclic amines) is 1.